The molecule has 0 amide bonds. The van der Waals surface area contributed by atoms with Crippen molar-refractivity contribution in [2.75, 3.05) is 6.26 Å². The highest BCUT2D eigenvalue weighted by Crippen LogP contribution is 2.30. The fourth-order valence-electron chi connectivity index (χ4n) is 1.93. The summed E-state index contributed by atoms with van der Waals surface area (Å²) in [5, 5.41) is 9.18. The van der Waals surface area contributed by atoms with Crippen molar-refractivity contribution in [1.29, 1.82) is 5.26 Å². The van der Waals surface area contributed by atoms with Crippen LogP contribution in [-0.2, 0) is 20.2 Å². The summed E-state index contributed by atoms with van der Waals surface area (Å²) in [7, 11) is -9.57. The maximum atomic E-state index is 12.0. The average molecular weight is 403 g/mol. The van der Waals surface area contributed by atoms with Crippen LogP contribution in [0, 0.1) is 11.3 Å². The molecule has 1 heterocycles. The molecule has 25 heavy (non-hydrogen) atoms. The number of nitrogens with zero attached hydrogens (tertiary/aromatic N) is 2. The number of hydrogen-bond acceptors (Lipinski definition) is 8. The number of nitrogens with one attached hydrogen (secondary N) is 1. The summed E-state index contributed by atoms with van der Waals surface area (Å²) >= 11 is 0.978. The number of nitriles is 1. The zero-order valence-electron chi connectivity index (χ0n) is 12.3. The number of hydrogen-bond donors (Lipinski definition) is 3. The minimum absolute atomic E-state index is 0.0255. The van der Waals surface area contributed by atoms with Crippen molar-refractivity contribution in [3.8, 4) is 17.3 Å². The first-order valence-electron chi connectivity index (χ1n) is 6.17. The van der Waals surface area contributed by atoms with Gasteiger partial charge in [0.1, 0.15) is 16.5 Å². The number of H-pyrrole nitrogens is 1. The number of rotatable bonds is 4. The highest BCUT2D eigenvalue weighted by molar-refractivity contribution is 7.98. The zero-order chi connectivity index (χ0) is 19.0. The third-order valence-electron chi connectivity index (χ3n) is 2.98. The van der Waals surface area contributed by atoms with Crippen molar-refractivity contribution >= 4 is 32.0 Å². The molecule has 0 fully saturated rings. The molecule has 13 heteroatoms. The first-order chi connectivity index (χ1) is 11.5. The molecule has 3 N–H and O–H groups in total. The van der Waals surface area contributed by atoms with Gasteiger partial charge in [-0.05, 0) is 24.5 Å². The number of aromatic nitrogens is 2. The van der Waals surface area contributed by atoms with Crippen LogP contribution in [0.1, 0.15) is 5.56 Å². The third-order valence-corrected chi connectivity index (χ3v) is 5.33. The summed E-state index contributed by atoms with van der Waals surface area (Å²) < 4.78 is 64.2. The Labute approximate surface area is 146 Å². The standard InChI is InChI=1S/C12H9N3O7S3/c1-23-12-14-10(8(5-13)11(16)15-12)7-4-6(24(17,18)19)2-3-9(7)25(20,21)22/h2-4H,1H3,(H,14,15,16)(H,17,18,19)(H,20,21,22). The van der Waals surface area contributed by atoms with Crippen LogP contribution in [0.25, 0.3) is 11.3 Å². The van der Waals surface area contributed by atoms with Crippen LogP contribution >= 0.6 is 11.8 Å². The lowest BCUT2D eigenvalue weighted by molar-refractivity contribution is 0.478. The van der Waals surface area contributed by atoms with E-state index in [1.54, 1.807) is 12.3 Å². The Balaban J connectivity index is 3.03. The Morgan fingerprint density at radius 3 is 2.32 bits per heavy atom. The molecule has 0 atom stereocenters. The molecule has 0 saturated carbocycles. The lowest BCUT2D eigenvalue weighted by Crippen LogP contribution is -2.16. The normalized spacial score (nSPS) is 11.9. The molecule has 0 aliphatic rings. The SMILES string of the molecule is CSc1nc(-c2cc(S(=O)(=O)O)ccc2S(=O)(=O)O)c(C#N)c(=O)[nH]1. The highest BCUT2D eigenvalue weighted by atomic mass is 32.2. The Hall–Kier alpha value is -2.24. The van der Waals surface area contributed by atoms with Gasteiger partial charge in [-0.2, -0.15) is 22.1 Å². The first-order valence-corrected chi connectivity index (χ1v) is 10.3. The van der Waals surface area contributed by atoms with Gasteiger partial charge >= 0.3 is 0 Å². The average Bonchev–Trinajstić information content (AvgIpc) is 2.51. The minimum atomic E-state index is -4.85. The van der Waals surface area contributed by atoms with Crippen LogP contribution in [0.4, 0.5) is 0 Å². The quantitative estimate of drug-likeness (QED) is 0.370. The maximum absolute atomic E-state index is 12.0. The van der Waals surface area contributed by atoms with Gasteiger partial charge < -0.3 is 4.98 Å². The molecule has 132 valence electrons. The second-order valence-electron chi connectivity index (χ2n) is 4.52. The van der Waals surface area contributed by atoms with E-state index in [1.807, 2.05) is 0 Å². The van der Waals surface area contributed by atoms with Gasteiger partial charge in [-0.3, -0.25) is 13.9 Å². The molecule has 2 rings (SSSR count). The largest absolute Gasteiger partial charge is 0.300 e. The smallest absolute Gasteiger partial charge is 0.295 e. The Morgan fingerprint density at radius 2 is 1.84 bits per heavy atom. The summed E-state index contributed by atoms with van der Waals surface area (Å²) in [6.07, 6.45) is 1.55. The predicted octanol–water partition coefficient (Wildman–Crippen LogP) is 0.524. The van der Waals surface area contributed by atoms with Gasteiger partial charge in [0.05, 0.1) is 10.6 Å². The molecular weight excluding hydrogens is 394 g/mol. The molecule has 0 unspecified atom stereocenters. The third kappa shape index (κ3) is 3.89. The van der Waals surface area contributed by atoms with E-state index in [4.69, 9.17) is 9.81 Å². The van der Waals surface area contributed by atoms with E-state index in [9.17, 15) is 26.2 Å². The topological polar surface area (TPSA) is 178 Å². The fraction of sp³-hybridized carbons (Fsp3) is 0.0833. The van der Waals surface area contributed by atoms with Gasteiger partial charge in [0.25, 0.3) is 25.8 Å². The lowest BCUT2D eigenvalue weighted by Gasteiger charge is -2.10. The molecule has 10 nitrogen and oxygen atoms in total. The molecule has 1 aromatic heterocycles. The van der Waals surface area contributed by atoms with Crippen molar-refractivity contribution in [3.05, 3.63) is 34.1 Å². The van der Waals surface area contributed by atoms with Gasteiger partial charge in [0.2, 0.25) is 0 Å². The van der Waals surface area contributed by atoms with Crippen LogP contribution in [0.3, 0.4) is 0 Å². The molecule has 1 aromatic carbocycles. The van der Waals surface area contributed by atoms with Crippen molar-refractivity contribution < 1.29 is 25.9 Å². The lowest BCUT2D eigenvalue weighted by atomic mass is 10.1. The summed E-state index contributed by atoms with van der Waals surface area (Å²) in [5.74, 6) is 0. The molecule has 0 radical (unpaired) electrons. The minimum Gasteiger partial charge on any atom is -0.300 e. The van der Waals surface area contributed by atoms with Gasteiger partial charge in [-0.1, -0.05) is 11.8 Å². The maximum Gasteiger partial charge on any atom is 0.295 e. The predicted molar refractivity (Wildman–Crippen MR) is 86.4 cm³/mol. The van der Waals surface area contributed by atoms with E-state index in [2.05, 4.69) is 9.97 Å². The van der Waals surface area contributed by atoms with Gasteiger partial charge in [-0.15, -0.1) is 0 Å². The molecule has 0 bridgehead atoms. The van der Waals surface area contributed by atoms with E-state index in [-0.39, 0.29) is 5.16 Å². The van der Waals surface area contributed by atoms with E-state index >= 15 is 0 Å². The van der Waals surface area contributed by atoms with E-state index in [1.165, 1.54) is 0 Å². The molecular formula is C12H9N3O7S3. The molecule has 0 spiro atoms. The zero-order valence-corrected chi connectivity index (χ0v) is 14.7. The summed E-state index contributed by atoms with van der Waals surface area (Å²) in [5.41, 5.74) is -2.44. The molecule has 0 aliphatic heterocycles. The van der Waals surface area contributed by atoms with E-state index in [0.717, 1.165) is 23.9 Å². The van der Waals surface area contributed by atoms with E-state index < -0.39 is 52.4 Å². The summed E-state index contributed by atoms with van der Waals surface area (Å²) in [6.45, 7) is 0. The Bertz CT molecular complexity index is 1160. The van der Waals surface area contributed by atoms with Gasteiger partial charge in [-0.25, -0.2) is 4.98 Å². The van der Waals surface area contributed by atoms with Gasteiger partial charge in [0.15, 0.2) is 5.16 Å². The number of aromatic amines is 1. The molecule has 0 saturated heterocycles. The Morgan fingerprint density at radius 1 is 1.20 bits per heavy atom. The van der Waals surface area contributed by atoms with Crippen LogP contribution in [0.2, 0.25) is 0 Å². The second kappa shape index (κ2) is 6.58. The molecule has 2 aromatic rings. The van der Waals surface area contributed by atoms with Crippen LogP contribution in [0.5, 0.6) is 0 Å². The summed E-state index contributed by atoms with van der Waals surface area (Å²) in [6, 6.07) is 3.71. The fourth-order valence-corrected chi connectivity index (χ4v) is 3.49. The summed E-state index contributed by atoms with van der Waals surface area (Å²) in [4.78, 5) is 16.7. The van der Waals surface area contributed by atoms with Crippen LogP contribution < -0.4 is 5.56 Å². The van der Waals surface area contributed by atoms with Crippen molar-refractivity contribution in [1.82, 2.24) is 9.97 Å². The second-order valence-corrected chi connectivity index (χ2v) is 8.13. The highest BCUT2D eigenvalue weighted by Gasteiger charge is 2.24. The van der Waals surface area contributed by atoms with Crippen LogP contribution in [0.15, 0.2) is 37.9 Å². The monoisotopic (exact) mass is 403 g/mol. The van der Waals surface area contributed by atoms with Crippen molar-refractivity contribution in [2.24, 2.45) is 0 Å². The Kier molecular flexibility index (Phi) is 5.02. The van der Waals surface area contributed by atoms with Crippen molar-refractivity contribution in [3.63, 3.8) is 0 Å². The number of thioether (sulfide) groups is 1. The van der Waals surface area contributed by atoms with E-state index in [0.29, 0.717) is 6.07 Å². The van der Waals surface area contributed by atoms with Crippen molar-refractivity contribution in [2.45, 2.75) is 14.9 Å². The molecule has 0 aliphatic carbocycles. The van der Waals surface area contributed by atoms with Gasteiger partial charge in [0, 0.05) is 5.56 Å². The van der Waals surface area contributed by atoms with Crippen LogP contribution in [-0.4, -0.2) is 42.2 Å². The first kappa shape index (κ1) is 19.1. The number of benzene rings is 1.